The molecule has 0 spiro atoms. The van der Waals surface area contributed by atoms with Gasteiger partial charge in [-0.05, 0) is 43.5 Å². The van der Waals surface area contributed by atoms with Gasteiger partial charge in [0.25, 0.3) is 5.91 Å². The number of benzene rings is 3. The minimum atomic E-state index is -0.394. The Labute approximate surface area is 203 Å². The maximum absolute atomic E-state index is 14.6. The average Bonchev–Trinajstić information content (AvgIpc) is 3.32. The molecule has 0 bridgehead atoms. The molecule has 5 aromatic rings. The van der Waals surface area contributed by atoms with Crippen molar-refractivity contribution in [3.63, 3.8) is 0 Å². The van der Waals surface area contributed by atoms with Gasteiger partial charge in [0.1, 0.15) is 11.5 Å². The number of carbonyl (C=O) groups is 1. The molecule has 35 heavy (non-hydrogen) atoms. The number of nitrogens with one attached hydrogen (secondary N) is 1. The third-order valence-corrected chi connectivity index (χ3v) is 5.97. The largest absolute Gasteiger partial charge is 0.348 e. The van der Waals surface area contributed by atoms with Crippen LogP contribution >= 0.6 is 0 Å². The van der Waals surface area contributed by atoms with E-state index >= 15 is 0 Å². The van der Waals surface area contributed by atoms with E-state index in [1.165, 1.54) is 16.1 Å². The van der Waals surface area contributed by atoms with Gasteiger partial charge in [-0.15, -0.1) is 0 Å². The van der Waals surface area contributed by atoms with Crippen molar-refractivity contribution < 1.29 is 9.18 Å². The number of aryl methyl sites for hydroxylation is 1. The van der Waals surface area contributed by atoms with E-state index < -0.39 is 5.82 Å². The maximum atomic E-state index is 14.6. The monoisotopic (exact) mass is 464 g/mol. The van der Waals surface area contributed by atoms with Gasteiger partial charge in [-0.3, -0.25) is 4.79 Å². The van der Waals surface area contributed by atoms with E-state index in [0.29, 0.717) is 28.3 Å². The minimum absolute atomic E-state index is 0.0630. The van der Waals surface area contributed by atoms with Crippen LogP contribution < -0.4 is 5.32 Å². The number of amides is 1. The summed E-state index contributed by atoms with van der Waals surface area (Å²) in [5.41, 5.74) is 4.33. The molecular formula is C29H25FN4O. The fourth-order valence-electron chi connectivity index (χ4n) is 4.09. The molecule has 0 saturated heterocycles. The molecule has 0 aliphatic heterocycles. The molecule has 0 aliphatic carbocycles. The van der Waals surface area contributed by atoms with Crippen molar-refractivity contribution in [2.24, 2.45) is 0 Å². The van der Waals surface area contributed by atoms with E-state index in [9.17, 15) is 9.18 Å². The van der Waals surface area contributed by atoms with Crippen molar-refractivity contribution in [3.05, 3.63) is 114 Å². The second kappa shape index (κ2) is 9.89. The Hall–Kier alpha value is -4.32. The zero-order chi connectivity index (χ0) is 24.2. The van der Waals surface area contributed by atoms with Gasteiger partial charge in [-0.25, -0.2) is 13.9 Å². The van der Waals surface area contributed by atoms with E-state index in [0.717, 1.165) is 18.4 Å². The lowest BCUT2D eigenvalue weighted by Crippen LogP contribution is -2.34. The lowest BCUT2D eigenvalue weighted by molar-refractivity contribution is 0.0931. The van der Waals surface area contributed by atoms with Gasteiger partial charge in [0, 0.05) is 23.2 Å². The highest BCUT2D eigenvalue weighted by molar-refractivity contribution is 5.94. The van der Waals surface area contributed by atoms with Crippen molar-refractivity contribution in [2.75, 3.05) is 0 Å². The molecular weight excluding hydrogens is 439 g/mol. The van der Waals surface area contributed by atoms with Crippen LogP contribution in [0.1, 0.15) is 29.4 Å². The molecule has 5 rings (SSSR count). The number of halogens is 1. The van der Waals surface area contributed by atoms with Crippen LogP contribution in [0.2, 0.25) is 0 Å². The lowest BCUT2D eigenvalue weighted by atomic mass is 10.1. The summed E-state index contributed by atoms with van der Waals surface area (Å²) in [6.45, 7) is 1.98. The third kappa shape index (κ3) is 4.96. The summed E-state index contributed by atoms with van der Waals surface area (Å²) in [6, 6.07) is 29.7. The van der Waals surface area contributed by atoms with Crippen LogP contribution in [-0.4, -0.2) is 26.5 Å². The molecule has 0 aliphatic rings. The second-order valence-electron chi connectivity index (χ2n) is 8.57. The zero-order valence-electron chi connectivity index (χ0n) is 19.4. The summed E-state index contributed by atoms with van der Waals surface area (Å²) in [7, 11) is 0. The average molecular weight is 465 g/mol. The summed E-state index contributed by atoms with van der Waals surface area (Å²) < 4.78 is 16.1. The Morgan fingerprint density at radius 2 is 1.60 bits per heavy atom. The summed E-state index contributed by atoms with van der Waals surface area (Å²) in [5, 5.41) is 7.74. The first-order valence-electron chi connectivity index (χ1n) is 11.6. The Bertz CT molecular complexity index is 1460. The van der Waals surface area contributed by atoms with Crippen LogP contribution in [0.15, 0.2) is 97.1 Å². The van der Waals surface area contributed by atoms with Crippen LogP contribution in [0.5, 0.6) is 0 Å². The molecule has 6 heteroatoms. The molecule has 174 valence electrons. The maximum Gasteiger partial charge on any atom is 0.270 e. The summed E-state index contributed by atoms with van der Waals surface area (Å²) in [5.74, 6) is -0.673. The van der Waals surface area contributed by atoms with Crippen LogP contribution in [0.25, 0.3) is 28.2 Å². The van der Waals surface area contributed by atoms with Gasteiger partial charge in [0.15, 0.2) is 5.65 Å². The second-order valence-corrected chi connectivity index (χ2v) is 8.57. The first-order valence-corrected chi connectivity index (χ1v) is 11.6. The third-order valence-electron chi connectivity index (χ3n) is 5.97. The van der Waals surface area contributed by atoms with Crippen molar-refractivity contribution in [3.8, 4) is 22.5 Å². The molecule has 0 saturated carbocycles. The first kappa shape index (κ1) is 22.5. The number of hydrogen-bond donors (Lipinski definition) is 1. The van der Waals surface area contributed by atoms with Crippen LogP contribution in [-0.2, 0) is 6.42 Å². The normalized spacial score (nSPS) is 11.9. The summed E-state index contributed by atoms with van der Waals surface area (Å²) >= 11 is 0. The molecule has 1 N–H and O–H groups in total. The van der Waals surface area contributed by atoms with Crippen LogP contribution in [0, 0.1) is 5.82 Å². The van der Waals surface area contributed by atoms with Gasteiger partial charge < -0.3 is 5.32 Å². The van der Waals surface area contributed by atoms with E-state index in [4.69, 9.17) is 0 Å². The smallest absolute Gasteiger partial charge is 0.270 e. The van der Waals surface area contributed by atoms with Crippen molar-refractivity contribution in [1.29, 1.82) is 0 Å². The quantitative estimate of drug-likeness (QED) is 0.324. The lowest BCUT2D eigenvalue weighted by Gasteiger charge is -2.15. The van der Waals surface area contributed by atoms with E-state index in [2.05, 4.69) is 27.5 Å². The molecule has 1 atom stereocenters. The standard InChI is InChI=1S/C29H25FN4O/c1-20(16-17-21-10-4-2-5-11-21)31-29(35)27-18-26(23-14-8-9-15-24(23)30)32-28-19-25(33-34(27)28)22-12-6-3-7-13-22/h2-15,18-20H,16-17H2,1H3,(H,31,35). The topological polar surface area (TPSA) is 59.3 Å². The van der Waals surface area contributed by atoms with Crippen molar-refractivity contribution in [2.45, 2.75) is 25.8 Å². The fourth-order valence-corrected chi connectivity index (χ4v) is 4.09. The molecule has 0 radical (unpaired) electrons. The number of carbonyl (C=O) groups excluding carboxylic acids is 1. The van der Waals surface area contributed by atoms with Crippen molar-refractivity contribution >= 4 is 11.6 Å². The number of hydrogen-bond acceptors (Lipinski definition) is 3. The highest BCUT2D eigenvalue weighted by Gasteiger charge is 2.19. The van der Waals surface area contributed by atoms with Gasteiger partial charge in [0.05, 0.1) is 11.4 Å². The van der Waals surface area contributed by atoms with E-state index in [1.54, 1.807) is 24.3 Å². The zero-order valence-corrected chi connectivity index (χ0v) is 19.4. The molecule has 3 aromatic carbocycles. The van der Waals surface area contributed by atoms with Crippen molar-refractivity contribution in [1.82, 2.24) is 19.9 Å². The highest BCUT2D eigenvalue weighted by atomic mass is 19.1. The SMILES string of the molecule is CC(CCc1ccccc1)NC(=O)c1cc(-c2ccccc2F)nc2cc(-c3ccccc3)nn12. The summed E-state index contributed by atoms with van der Waals surface area (Å²) in [4.78, 5) is 18.0. The number of rotatable bonds is 7. The first-order chi connectivity index (χ1) is 17.1. The van der Waals surface area contributed by atoms with Crippen LogP contribution in [0.4, 0.5) is 4.39 Å². The van der Waals surface area contributed by atoms with Gasteiger partial charge >= 0.3 is 0 Å². The Kier molecular flexibility index (Phi) is 6.35. The Morgan fingerprint density at radius 1 is 0.914 bits per heavy atom. The Balaban J connectivity index is 1.50. The van der Waals surface area contributed by atoms with E-state index in [-0.39, 0.29) is 11.9 Å². The fraction of sp³-hybridized carbons (Fsp3) is 0.138. The van der Waals surface area contributed by atoms with E-state index in [1.807, 2.05) is 61.5 Å². The van der Waals surface area contributed by atoms with Gasteiger partial charge in [0.2, 0.25) is 0 Å². The minimum Gasteiger partial charge on any atom is -0.348 e. The van der Waals surface area contributed by atoms with Gasteiger partial charge in [-0.2, -0.15) is 5.10 Å². The number of nitrogens with zero attached hydrogens (tertiary/aromatic N) is 3. The summed E-state index contributed by atoms with van der Waals surface area (Å²) in [6.07, 6.45) is 1.65. The predicted octanol–water partition coefficient (Wildman–Crippen LogP) is 5.95. The molecule has 0 fully saturated rings. The molecule has 2 aromatic heterocycles. The number of fused-ring (bicyclic) bond motifs is 1. The van der Waals surface area contributed by atoms with Gasteiger partial charge in [-0.1, -0.05) is 72.8 Å². The Morgan fingerprint density at radius 3 is 2.34 bits per heavy atom. The molecule has 1 amide bonds. The highest BCUT2D eigenvalue weighted by Crippen LogP contribution is 2.25. The predicted molar refractivity (Wildman–Crippen MR) is 136 cm³/mol. The molecule has 5 nitrogen and oxygen atoms in total. The van der Waals surface area contributed by atoms with Crippen LogP contribution in [0.3, 0.4) is 0 Å². The molecule has 1 unspecified atom stereocenters. The number of aromatic nitrogens is 3. The molecule has 2 heterocycles.